The zero-order valence-corrected chi connectivity index (χ0v) is 13.9. The number of ether oxygens (including phenoxy) is 1. The average molecular weight is 338 g/mol. The fraction of sp³-hybridized carbons (Fsp3) is 0.545. The van der Waals surface area contributed by atoms with Crippen molar-refractivity contribution < 1.29 is 19.9 Å². The van der Waals surface area contributed by atoms with Crippen LogP contribution in [-0.2, 0) is 27.0 Å². The zero-order valence-electron chi connectivity index (χ0n) is 9.36. The Morgan fingerprint density at radius 2 is 2.38 bits per heavy atom. The van der Waals surface area contributed by atoms with Crippen LogP contribution in [-0.4, -0.2) is 11.2 Å². The van der Waals surface area contributed by atoms with Crippen molar-refractivity contribution in [3.8, 4) is 0 Å². The van der Waals surface area contributed by atoms with Crippen LogP contribution in [0.4, 0.5) is 0 Å². The van der Waals surface area contributed by atoms with Gasteiger partial charge in [0.05, 0.1) is 0 Å². The van der Waals surface area contributed by atoms with E-state index in [4.69, 9.17) is 4.74 Å². The van der Waals surface area contributed by atoms with Gasteiger partial charge >= 0.3 is 109 Å². The molecule has 1 aliphatic rings. The van der Waals surface area contributed by atoms with Gasteiger partial charge in [0.2, 0.25) is 0 Å². The Balaban J connectivity index is 2.17. The number of aromatic nitrogens is 1. The Labute approximate surface area is 109 Å². The molecule has 0 N–H and O–H groups in total. The van der Waals surface area contributed by atoms with E-state index in [2.05, 4.69) is 13.6 Å². The summed E-state index contributed by atoms with van der Waals surface area (Å²) in [5.41, 5.74) is 1.17. The maximum absolute atomic E-state index is 11.3. The number of rotatable bonds is 2. The van der Waals surface area contributed by atoms with Crippen molar-refractivity contribution in [1.82, 2.24) is 4.57 Å². The monoisotopic (exact) mass is 335 g/mol. The molecular formula is C11H14BrNO2Zn. The van der Waals surface area contributed by atoms with E-state index in [1.54, 1.807) is 17.7 Å². The molecule has 2 rings (SSSR count). The van der Waals surface area contributed by atoms with Gasteiger partial charge in [-0.05, 0) is 0 Å². The fourth-order valence-electron chi connectivity index (χ4n) is 2.04. The van der Waals surface area contributed by atoms with E-state index in [1.165, 1.54) is 6.42 Å². The molecule has 1 aliphatic heterocycles. The van der Waals surface area contributed by atoms with E-state index in [0.29, 0.717) is 0 Å². The first-order valence-corrected chi connectivity index (χ1v) is 14.2. The van der Waals surface area contributed by atoms with Crippen LogP contribution >= 0.6 is 13.6 Å². The summed E-state index contributed by atoms with van der Waals surface area (Å²) < 4.78 is 8.27. The van der Waals surface area contributed by atoms with E-state index >= 15 is 0 Å². The second-order valence-electron chi connectivity index (χ2n) is 4.32. The Hall–Kier alpha value is 0.0134. The molecule has 1 fully saturated rings. The molecule has 0 bridgehead atoms. The molecule has 0 spiro atoms. The summed E-state index contributed by atoms with van der Waals surface area (Å²) in [6.45, 7) is 0.856. The standard InChI is InChI=1S/C11H14NO2.BrH.Zn/c1-12-8-9(5-6-11(12)13)10-4-2-3-7-14-10;;/h2,5-6,8,10H,3-4,7H2,1H3;1H;/q;;+1/p-1. The summed E-state index contributed by atoms with van der Waals surface area (Å²) in [6.07, 6.45) is 4.40. The fourth-order valence-corrected chi connectivity index (χ4v) is 6.67. The minimum atomic E-state index is -0.524. The number of hydrogen-bond acceptors (Lipinski definition) is 2. The molecule has 2 atom stereocenters. The molecule has 16 heavy (non-hydrogen) atoms. The molecule has 0 aliphatic carbocycles. The van der Waals surface area contributed by atoms with Gasteiger partial charge in [-0.25, -0.2) is 0 Å². The van der Waals surface area contributed by atoms with Crippen LogP contribution < -0.4 is 5.56 Å². The molecule has 0 amide bonds. The number of nitrogens with zero attached hydrogens (tertiary/aromatic N) is 1. The van der Waals surface area contributed by atoms with Crippen LogP contribution in [0, 0.1) is 0 Å². The van der Waals surface area contributed by atoms with Gasteiger partial charge in [-0.15, -0.1) is 0 Å². The number of aryl methyl sites for hydroxylation is 1. The van der Waals surface area contributed by atoms with Gasteiger partial charge in [0, 0.05) is 0 Å². The van der Waals surface area contributed by atoms with Gasteiger partial charge in [-0.3, -0.25) is 0 Å². The topological polar surface area (TPSA) is 31.2 Å². The van der Waals surface area contributed by atoms with Crippen LogP contribution in [0.25, 0.3) is 0 Å². The van der Waals surface area contributed by atoms with Crippen LogP contribution in [0.3, 0.4) is 0 Å². The summed E-state index contributed by atoms with van der Waals surface area (Å²) in [5, 5.41) is 0. The molecule has 1 saturated heterocycles. The molecule has 3 nitrogen and oxygen atoms in total. The SMILES string of the molecule is Cn1cc(C2C[CH]([Zn][Br])CCO2)ccc1=O. The van der Waals surface area contributed by atoms with Crippen molar-refractivity contribution in [2.45, 2.75) is 23.5 Å². The molecular weight excluding hydrogens is 323 g/mol. The summed E-state index contributed by atoms with van der Waals surface area (Å²) in [5.74, 6) is 0. The molecule has 0 radical (unpaired) electrons. The van der Waals surface area contributed by atoms with Gasteiger partial charge < -0.3 is 0 Å². The van der Waals surface area contributed by atoms with E-state index in [9.17, 15) is 4.79 Å². The number of pyridine rings is 1. The molecule has 0 saturated carbocycles. The van der Waals surface area contributed by atoms with Gasteiger partial charge in [0.15, 0.2) is 0 Å². The molecule has 2 heterocycles. The second kappa shape index (κ2) is 5.57. The van der Waals surface area contributed by atoms with E-state index in [1.807, 2.05) is 12.3 Å². The Bertz CT molecular complexity index is 421. The predicted molar refractivity (Wildman–Crippen MR) is 62.3 cm³/mol. The van der Waals surface area contributed by atoms with Gasteiger partial charge in [-0.1, -0.05) is 0 Å². The van der Waals surface area contributed by atoms with E-state index in [-0.39, 0.29) is 11.7 Å². The average Bonchev–Trinajstić information content (AvgIpc) is 2.33. The molecule has 1 aromatic rings. The van der Waals surface area contributed by atoms with Crippen molar-refractivity contribution in [2.75, 3.05) is 6.61 Å². The Morgan fingerprint density at radius 3 is 3.06 bits per heavy atom. The zero-order chi connectivity index (χ0) is 11.5. The van der Waals surface area contributed by atoms with E-state index < -0.39 is 15.2 Å². The normalized spacial score (nSPS) is 25.1. The van der Waals surface area contributed by atoms with Gasteiger partial charge in [0.25, 0.3) is 0 Å². The van der Waals surface area contributed by atoms with Crippen molar-refractivity contribution in [1.29, 1.82) is 0 Å². The number of halogens is 1. The Morgan fingerprint density at radius 1 is 1.56 bits per heavy atom. The Kier molecular flexibility index (Phi) is 4.34. The van der Waals surface area contributed by atoms with Crippen molar-refractivity contribution in [3.05, 3.63) is 34.2 Å². The molecule has 84 valence electrons. The first-order valence-electron chi connectivity index (χ1n) is 5.55. The van der Waals surface area contributed by atoms with Gasteiger partial charge in [0.1, 0.15) is 0 Å². The molecule has 5 heteroatoms. The van der Waals surface area contributed by atoms with E-state index in [0.717, 1.165) is 23.1 Å². The van der Waals surface area contributed by atoms with Crippen LogP contribution in [0.5, 0.6) is 0 Å². The van der Waals surface area contributed by atoms with Crippen LogP contribution in [0.1, 0.15) is 24.5 Å². The first-order chi connectivity index (χ1) is 7.70. The third kappa shape index (κ3) is 2.82. The van der Waals surface area contributed by atoms with Gasteiger partial charge in [-0.2, -0.15) is 0 Å². The quantitative estimate of drug-likeness (QED) is 0.776. The van der Waals surface area contributed by atoms with Crippen LogP contribution in [0.15, 0.2) is 23.1 Å². The van der Waals surface area contributed by atoms with Crippen LogP contribution in [0.2, 0.25) is 4.51 Å². The second-order valence-corrected chi connectivity index (χ2v) is 10.8. The maximum atomic E-state index is 11.3. The molecule has 2 unspecified atom stereocenters. The summed E-state index contributed by atoms with van der Waals surface area (Å²) in [4.78, 5) is 11.3. The summed E-state index contributed by atoms with van der Waals surface area (Å²) >= 11 is 3.19. The summed E-state index contributed by atoms with van der Waals surface area (Å²) in [6, 6.07) is 3.52. The third-order valence-electron chi connectivity index (χ3n) is 3.09. The van der Waals surface area contributed by atoms with Crippen molar-refractivity contribution in [2.24, 2.45) is 7.05 Å². The van der Waals surface area contributed by atoms with Crippen molar-refractivity contribution in [3.63, 3.8) is 0 Å². The molecule has 1 aromatic heterocycles. The number of hydrogen-bond donors (Lipinski definition) is 0. The minimum absolute atomic E-state index is 0.0363. The third-order valence-corrected chi connectivity index (χ3v) is 10.3. The van der Waals surface area contributed by atoms with Crippen molar-refractivity contribution >= 4 is 13.6 Å². The molecule has 0 aromatic carbocycles. The first kappa shape index (κ1) is 12.5. The summed E-state index contributed by atoms with van der Waals surface area (Å²) in [7, 11) is 1.79. The predicted octanol–water partition coefficient (Wildman–Crippen LogP) is 2.42.